The molecule has 0 amide bonds. The van der Waals surface area contributed by atoms with E-state index in [-0.39, 0.29) is 22.9 Å². The van der Waals surface area contributed by atoms with Crippen molar-refractivity contribution in [1.29, 1.82) is 0 Å². The van der Waals surface area contributed by atoms with Crippen LogP contribution in [0.5, 0.6) is 0 Å². The van der Waals surface area contributed by atoms with E-state index in [1.54, 1.807) is 7.05 Å². The molecule has 2 aromatic rings. The molecule has 1 aliphatic rings. The van der Waals surface area contributed by atoms with Crippen LogP contribution in [0.25, 0.3) is 11.2 Å². The van der Waals surface area contributed by atoms with Crippen LogP contribution in [0.3, 0.4) is 0 Å². The van der Waals surface area contributed by atoms with Gasteiger partial charge in [0.05, 0.1) is 6.33 Å². The average molecular weight is 316 g/mol. The van der Waals surface area contributed by atoms with E-state index >= 15 is 0 Å². The molecule has 9 nitrogen and oxygen atoms in total. The quantitative estimate of drug-likeness (QED) is 0.586. The van der Waals surface area contributed by atoms with Crippen LogP contribution < -0.4 is 11.1 Å². The summed E-state index contributed by atoms with van der Waals surface area (Å²) in [6, 6.07) is 0. The molecule has 3 rings (SSSR count). The highest BCUT2D eigenvalue weighted by molar-refractivity contribution is 5.82. The number of aromatic nitrogens is 4. The molecule has 2 aromatic heterocycles. The van der Waals surface area contributed by atoms with Crippen molar-refractivity contribution in [1.82, 2.24) is 19.5 Å². The highest BCUT2D eigenvalue weighted by Gasteiger charge is 2.57. The molecule has 0 spiro atoms. The summed E-state index contributed by atoms with van der Waals surface area (Å²) in [6.45, 7) is -1.23. The zero-order valence-electron chi connectivity index (χ0n) is 11.4. The number of aliphatic hydroxyl groups excluding tert-OH is 2. The number of nitrogens with two attached hydrogens (primary N) is 1. The molecule has 3 heterocycles. The van der Waals surface area contributed by atoms with E-state index < -0.39 is 31.0 Å². The first-order chi connectivity index (χ1) is 10.4. The SMILES string of the molecule is CNc1nc(N)c2ncn([C@@H]3O[C@](F)(CO)[C@@H](F)[C@H]3O)c2n1. The first-order valence-corrected chi connectivity index (χ1v) is 6.39. The third-order valence-corrected chi connectivity index (χ3v) is 3.48. The van der Waals surface area contributed by atoms with Gasteiger partial charge in [0.2, 0.25) is 5.95 Å². The van der Waals surface area contributed by atoms with Gasteiger partial charge in [0.1, 0.15) is 18.2 Å². The molecule has 0 bridgehead atoms. The Hall–Kier alpha value is -2.11. The summed E-state index contributed by atoms with van der Waals surface area (Å²) in [7, 11) is 1.57. The van der Waals surface area contributed by atoms with Crippen LogP contribution in [0.2, 0.25) is 0 Å². The van der Waals surface area contributed by atoms with Gasteiger partial charge in [0.25, 0.3) is 5.85 Å². The van der Waals surface area contributed by atoms with E-state index in [1.165, 1.54) is 6.33 Å². The first-order valence-electron chi connectivity index (χ1n) is 6.39. The molecule has 0 saturated carbocycles. The normalized spacial score (nSPS) is 31.8. The number of fused-ring (bicyclic) bond motifs is 1. The second-order valence-corrected chi connectivity index (χ2v) is 4.85. The average Bonchev–Trinajstić information content (AvgIpc) is 3.03. The molecule has 0 unspecified atom stereocenters. The molecule has 1 aliphatic heterocycles. The molecular formula is C11H14F2N6O3. The van der Waals surface area contributed by atoms with Gasteiger partial charge in [-0.05, 0) is 0 Å². The van der Waals surface area contributed by atoms with Crippen LogP contribution in [-0.2, 0) is 4.74 Å². The molecule has 0 aromatic carbocycles. The number of nitrogens with zero attached hydrogens (tertiary/aromatic N) is 4. The molecule has 120 valence electrons. The number of imidazole rings is 1. The summed E-state index contributed by atoms with van der Waals surface area (Å²) < 4.78 is 33.9. The minimum Gasteiger partial charge on any atom is -0.390 e. The Labute approximate surface area is 122 Å². The number of nitrogens with one attached hydrogen (secondary N) is 1. The van der Waals surface area contributed by atoms with Crippen LogP contribution in [0, 0.1) is 0 Å². The van der Waals surface area contributed by atoms with Crippen LogP contribution >= 0.6 is 0 Å². The number of hydrogen-bond donors (Lipinski definition) is 4. The largest absolute Gasteiger partial charge is 0.390 e. The van der Waals surface area contributed by atoms with E-state index in [0.717, 1.165) is 4.57 Å². The van der Waals surface area contributed by atoms with Crippen molar-refractivity contribution in [3.63, 3.8) is 0 Å². The van der Waals surface area contributed by atoms with Crippen molar-refractivity contribution < 1.29 is 23.7 Å². The van der Waals surface area contributed by atoms with Gasteiger partial charge in [-0.25, -0.2) is 13.8 Å². The van der Waals surface area contributed by atoms with E-state index in [0.29, 0.717) is 0 Å². The van der Waals surface area contributed by atoms with Gasteiger partial charge in [-0.1, -0.05) is 0 Å². The fraction of sp³-hybridized carbons (Fsp3) is 0.545. The first kappa shape index (κ1) is 14.8. The molecule has 4 atom stereocenters. The predicted molar refractivity (Wildman–Crippen MR) is 71.2 cm³/mol. The lowest BCUT2D eigenvalue weighted by Gasteiger charge is -2.18. The molecule has 1 saturated heterocycles. The fourth-order valence-corrected chi connectivity index (χ4v) is 2.32. The number of halogens is 2. The van der Waals surface area contributed by atoms with Crippen LogP contribution in [0.1, 0.15) is 6.23 Å². The summed E-state index contributed by atoms with van der Waals surface area (Å²) in [5, 5.41) is 21.5. The molecule has 0 aliphatic carbocycles. The minimum atomic E-state index is -2.99. The second kappa shape index (κ2) is 4.97. The van der Waals surface area contributed by atoms with Crippen molar-refractivity contribution >= 4 is 22.9 Å². The standard InChI is InChI=1S/C11H14F2N6O3/c1-15-10-17-7(14)4-8(18-10)19(3-16-4)9-5(21)6(12)11(13,2-20)22-9/h3,5-6,9,20-21H,2H2,1H3,(H3,14,15,17,18)/t5-,6+,9-,11-/m1/s1. The van der Waals surface area contributed by atoms with Gasteiger partial charge in [-0.2, -0.15) is 9.97 Å². The van der Waals surface area contributed by atoms with E-state index in [2.05, 4.69) is 20.3 Å². The summed E-state index contributed by atoms with van der Waals surface area (Å²) >= 11 is 0. The topological polar surface area (TPSA) is 131 Å². The van der Waals surface area contributed by atoms with Crippen molar-refractivity contribution in [2.45, 2.75) is 24.4 Å². The number of hydrogen-bond acceptors (Lipinski definition) is 8. The summed E-state index contributed by atoms with van der Waals surface area (Å²) in [4.78, 5) is 12.0. The lowest BCUT2D eigenvalue weighted by molar-refractivity contribution is -0.195. The third kappa shape index (κ3) is 1.97. The number of alkyl halides is 2. The Morgan fingerprint density at radius 1 is 1.55 bits per heavy atom. The highest BCUT2D eigenvalue weighted by Crippen LogP contribution is 2.41. The van der Waals surface area contributed by atoms with Crippen molar-refractivity contribution in [3.05, 3.63) is 6.33 Å². The van der Waals surface area contributed by atoms with Crippen LogP contribution in [-0.4, -0.2) is 61.5 Å². The van der Waals surface area contributed by atoms with Gasteiger partial charge < -0.3 is 26.0 Å². The maximum Gasteiger partial charge on any atom is 0.268 e. The maximum atomic E-state index is 14.0. The van der Waals surface area contributed by atoms with Crippen LogP contribution in [0.15, 0.2) is 6.33 Å². The summed E-state index contributed by atoms with van der Waals surface area (Å²) in [5.74, 6) is -2.76. The molecule has 11 heteroatoms. The van der Waals surface area contributed by atoms with E-state index in [1.807, 2.05) is 0 Å². The molecule has 22 heavy (non-hydrogen) atoms. The van der Waals surface area contributed by atoms with Gasteiger partial charge in [-0.15, -0.1) is 0 Å². The molecule has 1 fully saturated rings. The Balaban J connectivity index is 2.09. The monoisotopic (exact) mass is 316 g/mol. The number of rotatable bonds is 3. The molecule has 0 radical (unpaired) electrons. The van der Waals surface area contributed by atoms with E-state index in [4.69, 9.17) is 15.6 Å². The number of aliphatic hydroxyl groups is 2. The van der Waals surface area contributed by atoms with Crippen molar-refractivity contribution in [2.75, 3.05) is 24.7 Å². The Bertz CT molecular complexity index is 712. The smallest absolute Gasteiger partial charge is 0.268 e. The molecule has 5 N–H and O–H groups in total. The fourth-order valence-electron chi connectivity index (χ4n) is 2.32. The molecular weight excluding hydrogens is 302 g/mol. The van der Waals surface area contributed by atoms with Crippen LogP contribution in [0.4, 0.5) is 20.5 Å². The Morgan fingerprint density at radius 2 is 2.27 bits per heavy atom. The third-order valence-electron chi connectivity index (χ3n) is 3.48. The van der Waals surface area contributed by atoms with E-state index in [9.17, 15) is 13.9 Å². The number of anilines is 2. The maximum absolute atomic E-state index is 14.0. The van der Waals surface area contributed by atoms with Gasteiger partial charge in [0, 0.05) is 7.05 Å². The van der Waals surface area contributed by atoms with Crippen molar-refractivity contribution in [2.24, 2.45) is 0 Å². The Kier molecular flexibility index (Phi) is 3.34. The van der Waals surface area contributed by atoms with Gasteiger partial charge in [-0.3, -0.25) is 4.57 Å². The lowest BCUT2D eigenvalue weighted by Crippen LogP contribution is -2.39. The lowest BCUT2D eigenvalue weighted by atomic mass is 10.1. The Morgan fingerprint density at radius 3 is 2.86 bits per heavy atom. The predicted octanol–water partition coefficient (Wildman–Crippen LogP) is -0.664. The van der Waals surface area contributed by atoms with Crippen molar-refractivity contribution in [3.8, 4) is 0 Å². The highest BCUT2D eigenvalue weighted by atomic mass is 19.2. The summed E-state index contributed by atoms with van der Waals surface area (Å²) in [5.41, 5.74) is 6.06. The van der Waals surface area contributed by atoms with Gasteiger partial charge >= 0.3 is 0 Å². The van der Waals surface area contributed by atoms with Gasteiger partial charge in [0.15, 0.2) is 23.9 Å². The summed E-state index contributed by atoms with van der Waals surface area (Å²) in [6.07, 6.45) is -4.53. The minimum absolute atomic E-state index is 0.0612. The number of ether oxygens (including phenoxy) is 1. The second-order valence-electron chi connectivity index (χ2n) is 4.85. The zero-order chi connectivity index (χ0) is 16.1. The zero-order valence-corrected chi connectivity index (χ0v) is 11.4. The number of nitrogen functional groups attached to an aromatic ring is 1.